The minimum atomic E-state index is -0.141. The second-order valence-electron chi connectivity index (χ2n) is 7.65. The van der Waals surface area contributed by atoms with E-state index in [-0.39, 0.29) is 17.2 Å². The molecule has 0 aliphatic heterocycles. The van der Waals surface area contributed by atoms with E-state index in [1.54, 1.807) is 4.57 Å². The summed E-state index contributed by atoms with van der Waals surface area (Å²) in [6.45, 7) is 8.45. The van der Waals surface area contributed by atoms with Crippen molar-refractivity contribution in [2.75, 3.05) is 11.1 Å². The molecule has 2 aromatic carbocycles. The van der Waals surface area contributed by atoms with Crippen molar-refractivity contribution < 1.29 is 4.79 Å². The number of hydrogen-bond donors (Lipinski definition) is 1. The molecule has 0 aliphatic carbocycles. The predicted octanol–water partition coefficient (Wildman–Crippen LogP) is 5.20. The SMILES string of the molecule is CCn1c(SCC(=O)Nc2ccc(C)c(C)c2)nc2c(-c3ccc(C)cc3)nsc2c1=O. The van der Waals surface area contributed by atoms with Gasteiger partial charge in [0.25, 0.3) is 5.56 Å². The number of carbonyl (C=O) groups excluding carboxylic acids is 1. The normalized spacial score (nSPS) is 11.1. The summed E-state index contributed by atoms with van der Waals surface area (Å²) in [6.07, 6.45) is 0. The van der Waals surface area contributed by atoms with Crippen molar-refractivity contribution >= 4 is 45.1 Å². The van der Waals surface area contributed by atoms with E-state index in [9.17, 15) is 9.59 Å². The van der Waals surface area contributed by atoms with Crippen LogP contribution in [0.25, 0.3) is 21.5 Å². The molecule has 0 fully saturated rings. The maximum absolute atomic E-state index is 13.1. The van der Waals surface area contributed by atoms with E-state index in [1.165, 1.54) is 28.9 Å². The predicted molar refractivity (Wildman–Crippen MR) is 133 cm³/mol. The van der Waals surface area contributed by atoms with Crippen LogP contribution in [0.4, 0.5) is 5.69 Å². The van der Waals surface area contributed by atoms with Crippen molar-refractivity contribution in [1.82, 2.24) is 13.9 Å². The molecule has 8 heteroatoms. The lowest BCUT2D eigenvalue weighted by molar-refractivity contribution is -0.113. The first-order valence-corrected chi connectivity index (χ1v) is 12.1. The zero-order valence-corrected chi connectivity index (χ0v) is 20.1. The Labute approximate surface area is 194 Å². The maximum atomic E-state index is 13.1. The van der Waals surface area contributed by atoms with Gasteiger partial charge in [-0.1, -0.05) is 47.7 Å². The molecule has 1 amide bonds. The highest BCUT2D eigenvalue weighted by atomic mass is 32.2. The Morgan fingerprint density at radius 3 is 2.53 bits per heavy atom. The average Bonchev–Trinajstić information content (AvgIpc) is 3.20. The number of carbonyl (C=O) groups is 1. The van der Waals surface area contributed by atoms with Crippen LogP contribution >= 0.6 is 23.3 Å². The van der Waals surface area contributed by atoms with Gasteiger partial charge in [-0.05, 0) is 62.5 Å². The Bertz CT molecular complexity index is 1360. The fourth-order valence-electron chi connectivity index (χ4n) is 3.33. The van der Waals surface area contributed by atoms with Crippen molar-refractivity contribution in [3.05, 3.63) is 69.5 Å². The number of anilines is 1. The third-order valence-electron chi connectivity index (χ3n) is 5.31. The minimum Gasteiger partial charge on any atom is -0.325 e. The smallest absolute Gasteiger partial charge is 0.273 e. The number of benzene rings is 2. The fourth-order valence-corrected chi connectivity index (χ4v) is 4.98. The first kappa shape index (κ1) is 22.2. The van der Waals surface area contributed by atoms with Gasteiger partial charge in [-0.15, -0.1) is 0 Å². The standard InChI is InChI=1S/C24H24N4O2S2/c1-5-28-23(30)22-21(20(27-32-22)17-9-6-14(2)7-10-17)26-24(28)31-13-19(29)25-18-11-8-15(3)16(4)12-18/h6-12H,5,13H2,1-4H3,(H,25,29). The van der Waals surface area contributed by atoms with Crippen LogP contribution in [0.2, 0.25) is 0 Å². The summed E-state index contributed by atoms with van der Waals surface area (Å²) in [5.74, 6) is 0.0138. The van der Waals surface area contributed by atoms with Crippen molar-refractivity contribution in [3.63, 3.8) is 0 Å². The van der Waals surface area contributed by atoms with Crippen LogP contribution in [-0.2, 0) is 11.3 Å². The third-order valence-corrected chi connectivity index (χ3v) is 7.11. The minimum absolute atomic E-state index is 0.120. The molecule has 1 N–H and O–H groups in total. The zero-order chi connectivity index (χ0) is 22.8. The third kappa shape index (κ3) is 4.47. The topological polar surface area (TPSA) is 76.9 Å². The van der Waals surface area contributed by atoms with Gasteiger partial charge in [-0.2, -0.15) is 4.37 Å². The number of nitrogens with one attached hydrogen (secondary N) is 1. The van der Waals surface area contributed by atoms with Gasteiger partial charge in [-0.25, -0.2) is 4.98 Å². The molecule has 4 rings (SSSR count). The van der Waals surface area contributed by atoms with Gasteiger partial charge in [0.2, 0.25) is 5.91 Å². The average molecular weight is 465 g/mol. The first-order valence-electron chi connectivity index (χ1n) is 10.3. The number of fused-ring (bicyclic) bond motifs is 1. The fraction of sp³-hybridized carbons (Fsp3) is 0.250. The Kier molecular flexibility index (Phi) is 6.43. The van der Waals surface area contributed by atoms with E-state index in [2.05, 4.69) is 9.69 Å². The molecule has 0 atom stereocenters. The number of nitrogens with zero attached hydrogens (tertiary/aromatic N) is 3. The molecule has 2 aromatic heterocycles. The second-order valence-corrected chi connectivity index (χ2v) is 9.37. The number of hydrogen-bond acceptors (Lipinski definition) is 6. The number of amides is 1. The highest BCUT2D eigenvalue weighted by molar-refractivity contribution is 7.99. The maximum Gasteiger partial charge on any atom is 0.273 e. The van der Waals surface area contributed by atoms with Crippen LogP contribution in [0.15, 0.2) is 52.4 Å². The molecule has 0 radical (unpaired) electrons. The van der Waals surface area contributed by atoms with E-state index in [1.807, 2.05) is 70.2 Å². The van der Waals surface area contributed by atoms with E-state index in [4.69, 9.17) is 4.98 Å². The van der Waals surface area contributed by atoms with E-state index in [0.717, 1.165) is 22.4 Å². The molecular weight excluding hydrogens is 440 g/mol. The van der Waals surface area contributed by atoms with Crippen LogP contribution in [-0.4, -0.2) is 25.6 Å². The second kappa shape index (κ2) is 9.26. The van der Waals surface area contributed by atoms with Gasteiger partial charge in [0.15, 0.2) is 5.16 Å². The molecule has 0 bridgehead atoms. The summed E-state index contributed by atoms with van der Waals surface area (Å²) in [4.78, 5) is 30.4. The summed E-state index contributed by atoms with van der Waals surface area (Å²) < 4.78 is 6.65. The number of rotatable bonds is 6. The molecule has 2 heterocycles. The quantitative estimate of drug-likeness (QED) is 0.314. The molecule has 0 saturated carbocycles. The molecule has 4 aromatic rings. The highest BCUT2D eigenvalue weighted by Gasteiger charge is 2.18. The molecule has 164 valence electrons. The number of aromatic nitrogens is 3. The molecular formula is C24H24N4O2S2. The molecule has 32 heavy (non-hydrogen) atoms. The van der Waals surface area contributed by atoms with E-state index >= 15 is 0 Å². The number of thioether (sulfide) groups is 1. The summed E-state index contributed by atoms with van der Waals surface area (Å²) in [6, 6.07) is 13.8. The summed E-state index contributed by atoms with van der Waals surface area (Å²) in [5, 5.41) is 3.44. The molecule has 0 spiro atoms. The van der Waals surface area contributed by atoms with E-state index in [0.29, 0.717) is 27.6 Å². The summed E-state index contributed by atoms with van der Waals surface area (Å²) in [5.41, 5.74) is 6.31. The van der Waals surface area contributed by atoms with Gasteiger partial charge in [0.1, 0.15) is 15.9 Å². The van der Waals surface area contributed by atoms with E-state index < -0.39 is 0 Å². The van der Waals surface area contributed by atoms with Gasteiger partial charge in [0, 0.05) is 17.8 Å². The van der Waals surface area contributed by atoms with Crippen LogP contribution in [0, 0.1) is 20.8 Å². The number of aryl methyl sites for hydroxylation is 3. The largest absolute Gasteiger partial charge is 0.325 e. The Morgan fingerprint density at radius 2 is 1.84 bits per heavy atom. The van der Waals surface area contributed by atoms with Crippen LogP contribution < -0.4 is 10.9 Å². The van der Waals surface area contributed by atoms with Gasteiger partial charge < -0.3 is 5.32 Å². The molecule has 0 saturated heterocycles. The monoisotopic (exact) mass is 464 g/mol. The lowest BCUT2D eigenvalue weighted by Crippen LogP contribution is -2.23. The Morgan fingerprint density at radius 1 is 1.09 bits per heavy atom. The Balaban J connectivity index is 1.61. The van der Waals surface area contributed by atoms with Crippen molar-refractivity contribution in [3.8, 4) is 11.3 Å². The first-order chi connectivity index (χ1) is 15.4. The van der Waals surface area contributed by atoms with Crippen molar-refractivity contribution in [2.45, 2.75) is 39.4 Å². The van der Waals surface area contributed by atoms with Gasteiger partial charge >= 0.3 is 0 Å². The summed E-state index contributed by atoms with van der Waals surface area (Å²) in [7, 11) is 0. The van der Waals surface area contributed by atoms with Crippen molar-refractivity contribution in [1.29, 1.82) is 0 Å². The van der Waals surface area contributed by atoms with Gasteiger partial charge in [0.05, 0.1) is 5.75 Å². The van der Waals surface area contributed by atoms with Crippen LogP contribution in [0.3, 0.4) is 0 Å². The van der Waals surface area contributed by atoms with Crippen LogP contribution in [0.1, 0.15) is 23.6 Å². The van der Waals surface area contributed by atoms with Crippen LogP contribution in [0.5, 0.6) is 0 Å². The molecule has 6 nitrogen and oxygen atoms in total. The van der Waals surface area contributed by atoms with Gasteiger partial charge in [-0.3, -0.25) is 14.2 Å². The highest BCUT2D eigenvalue weighted by Crippen LogP contribution is 2.29. The lowest BCUT2D eigenvalue weighted by atomic mass is 10.1. The lowest BCUT2D eigenvalue weighted by Gasteiger charge is -2.11. The molecule has 0 unspecified atom stereocenters. The van der Waals surface area contributed by atoms with Crippen molar-refractivity contribution in [2.24, 2.45) is 0 Å². The zero-order valence-electron chi connectivity index (χ0n) is 18.4. The molecule has 0 aliphatic rings. The Hall–Kier alpha value is -2.97. The summed E-state index contributed by atoms with van der Waals surface area (Å²) >= 11 is 2.43.